The highest BCUT2D eigenvalue weighted by Crippen LogP contribution is 2.26. The Hall–Kier alpha value is -2.84. The second-order valence-corrected chi connectivity index (χ2v) is 7.95. The number of rotatable bonds is 6. The molecule has 0 radical (unpaired) electrons. The highest BCUT2D eigenvalue weighted by Gasteiger charge is 2.16. The number of hydrogen-bond donors (Lipinski definition) is 2. The average molecular weight is 387 g/mol. The summed E-state index contributed by atoms with van der Waals surface area (Å²) in [6.45, 7) is 1.55. The third kappa shape index (κ3) is 4.12. The molecule has 7 nitrogen and oxygen atoms in total. The van der Waals surface area contributed by atoms with Crippen LogP contribution in [0.25, 0.3) is 10.9 Å². The van der Waals surface area contributed by atoms with Crippen LogP contribution in [0.3, 0.4) is 0 Å². The largest absolute Gasteiger partial charge is 0.497 e. The predicted molar refractivity (Wildman–Crippen MR) is 104 cm³/mol. The van der Waals surface area contributed by atoms with E-state index in [4.69, 9.17) is 4.74 Å². The SMILES string of the molecule is COc1ccc2c(c1)c(CNS(=O)(=O)c1ccc(NC(C)=O)cc1)cn2C. The van der Waals surface area contributed by atoms with E-state index < -0.39 is 10.0 Å². The molecule has 0 saturated heterocycles. The quantitative estimate of drug-likeness (QED) is 0.680. The van der Waals surface area contributed by atoms with E-state index in [1.165, 1.54) is 19.1 Å². The molecule has 0 aliphatic heterocycles. The highest BCUT2D eigenvalue weighted by atomic mass is 32.2. The second kappa shape index (κ2) is 7.42. The van der Waals surface area contributed by atoms with Crippen molar-refractivity contribution in [1.82, 2.24) is 9.29 Å². The van der Waals surface area contributed by atoms with E-state index in [1.807, 2.05) is 36.0 Å². The van der Waals surface area contributed by atoms with Gasteiger partial charge in [-0.2, -0.15) is 0 Å². The molecule has 1 aromatic heterocycles. The van der Waals surface area contributed by atoms with Crippen molar-refractivity contribution in [2.45, 2.75) is 18.4 Å². The van der Waals surface area contributed by atoms with E-state index in [9.17, 15) is 13.2 Å². The molecule has 0 fully saturated rings. The number of aryl methyl sites for hydroxylation is 1. The molecule has 142 valence electrons. The van der Waals surface area contributed by atoms with E-state index in [0.29, 0.717) is 11.4 Å². The minimum Gasteiger partial charge on any atom is -0.497 e. The van der Waals surface area contributed by atoms with Gasteiger partial charge in [0.2, 0.25) is 15.9 Å². The molecule has 2 N–H and O–H groups in total. The van der Waals surface area contributed by atoms with Crippen LogP contribution in [0, 0.1) is 0 Å². The van der Waals surface area contributed by atoms with E-state index in [-0.39, 0.29) is 17.3 Å². The van der Waals surface area contributed by atoms with E-state index in [2.05, 4.69) is 10.0 Å². The fourth-order valence-electron chi connectivity index (χ4n) is 2.90. The van der Waals surface area contributed by atoms with Crippen molar-refractivity contribution in [3.8, 4) is 5.75 Å². The molecule has 1 heterocycles. The van der Waals surface area contributed by atoms with Gasteiger partial charge in [0.25, 0.3) is 0 Å². The van der Waals surface area contributed by atoms with Crippen molar-refractivity contribution in [3.63, 3.8) is 0 Å². The Labute approximate surface area is 158 Å². The zero-order chi connectivity index (χ0) is 19.6. The lowest BCUT2D eigenvalue weighted by atomic mass is 10.1. The first kappa shape index (κ1) is 18.9. The van der Waals surface area contributed by atoms with Gasteiger partial charge in [-0.3, -0.25) is 4.79 Å². The normalized spacial score (nSPS) is 11.5. The molecule has 0 atom stereocenters. The number of nitrogens with zero attached hydrogens (tertiary/aromatic N) is 1. The number of methoxy groups -OCH3 is 1. The van der Waals surface area contributed by atoms with Crippen LogP contribution in [-0.2, 0) is 28.4 Å². The molecule has 3 aromatic rings. The zero-order valence-corrected chi connectivity index (χ0v) is 16.1. The van der Waals surface area contributed by atoms with Crippen LogP contribution in [0.2, 0.25) is 0 Å². The molecule has 0 unspecified atom stereocenters. The number of benzene rings is 2. The summed E-state index contributed by atoms with van der Waals surface area (Å²) in [4.78, 5) is 11.2. The van der Waals surface area contributed by atoms with Crippen LogP contribution < -0.4 is 14.8 Å². The van der Waals surface area contributed by atoms with Gasteiger partial charge < -0.3 is 14.6 Å². The summed E-state index contributed by atoms with van der Waals surface area (Å²) < 4.78 is 35.0. The molecular weight excluding hydrogens is 366 g/mol. The monoisotopic (exact) mass is 387 g/mol. The Balaban J connectivity index is 1.81. The average Bonchev–Trinajstić information content (AvgIpc) is 2.95. The maximum atomic E-state index is 12.6. The lowest BCUT2D eigenvalue weighted by Gasteiger charge is -2.08. The standard InChI is InChI=1S/C19H21N3O4S/c1-13(23)21-15-4-7-17(8-5-15)27(24,25)20-11-14-12-22(2)19-9-6-16(26-3)10-18(14)19/h4-10,12,20H,11H2,1-3H3,(H,21,23). The molecule has 1 amide bonds. The van der Waals surface area contributed by atoms with Gasteiger partial charge in [-0.1, -0.05) is 0 Å². The van der Waals surface area contributed by atoms with Gasteiger partial charge in [-0.25, -0.2) is 13.1 Å². The number of fused-ring (bicyclic) bond motifs is 1. The Morgan fingerprint density at radius 2 is 1.85 bits per heavy atom. The topological polar surface area (TPSA) is 89.4 Å². The number of anilines is 1. The van der Waals surface area contributed by atoms with E-state index in [1.54, 1.807) is 19.2 Å². The Bertz CT molecular complexity index is 1090. The predicted octanol–water partition coefficient (Wildman–Crippen LogP) is 2.62. The highest BCUT2D eigenvalue weighted by molar-refractivity contribution is 7.89. The van der Waals surface area contributed by atoms with Crippen molar-refractivity contribution in [2.75, 3.05) is 12.4 Å². The van der Waals surface area contributed by atoms with Gasteiger partial charge in [0, 0.05) is 43.3 Å². The summed E-state index contributed by atoms with van der Waals surface area (Å²) in [5.41, 5.74) is 2.39. The second-order valence-electron chi connectivity index (χ2n) is 6.18. The Morgan fingerprint density at radius 3 is 2.48 bits per heavy atom. The fraction of sp³-hybridized carbons (Fsp3) is 0.211. The summed E-state index contributed by atoms with van der Waals surface area (Å²) in [6.07, 6.45) is 1.90. The van der Waals surface area contributed by atoms with Crippen LogP contribution >= 0.6 is 0 Å². The van der Waals surface area contributed by atoms with Crippen molar-refractivity contribution >= 4 is 32.5 Å². The number of hydrogen-bond acceptors (Lipinski definition) is 4. The number of nitrogens with one attached hydrogen (secondary N) is 2. The van der Waals surface area contributed by atoms with Crippen LogP contribution in [0.5, 0.6) is 5.75 Å². The summed E-state index contributed by atoms with van der Waals surface area (Å²) in [5.74, 6) is 0.501. The number of aromatic nitrogens is 1. The van der Waals surface area contributed by atoms with Gasteiger partial charge in [-0.15, -0.1) is 0 Å². The Morgan fingerprint density at radius 1 is 1.15 bits per heavy atom. The fourth-order valence-corrected chi connectivity index (χ4v) is 3.90. The molecular formula is C19H21N3O4S. The molecule has 0 bridgehead atoms. The summed E-state index contributed by atoms with van der Waals surface area (Å²) in [7, 11) is -0.177. The van der Waals surface area contributed by atoms with Crippen molar-refractivity contribution in [2.24, 2.45) is 7.05 Å². The maximum absolute atomic E-state index is 12.6. The smallest absolute Gasteiger partial charge is 0.240 e. The van der Waals surface area contributed by atoms with E-state index >= 15 is 0 Å². The lowest BCUT2D eigenvalue weighted by molar-refractivity contribution is -0.114. The van der Waals surface area contributed by atoms with Gasteiger partial charge in [-0.05, 0) is 48.0 Å². The van der Waals surface area contributed by atoms with E-state index in [0.717, 1.165) is 16.5 Å². The Kier molecular flexibility index (Phi) is 5.20. The molecule has 8 heteroatoms. The third-order valence-corrected chi connectivity index (χ3v) is 5.63. The molecule has 0 aliphatic rings. The summed E-state index contributed by atoms with van der Waals surface area (Å²) in [5, 5.41) is 3.54. The minimum absolute atomic E-state index is 0.134. The number of carbonyl (C=O) groups excluding carboxylic acids is 1. The lowest BCUT2D eigenvalue weighted by Crippen LogP contribution is -2.23. The van der Waals surface area contributed by atoms with Gasteiger partial charge in [0.1, 0.15) is 5.75 Å². The van der Waals surface area contributed by atoms with Gasteiger partial charge in [0.05, 0.1) is 12.0 Å². The first-order valence-electron chi connectivity index (χ1n) is 8.29. The molecule has 3 rings (SSSR count). The number of carbonyl (C=O) groups is 1. The van der Waals surface area contributed by atoms with Crippen molar-refractivity contribution in [3.05, 3.63) is 54.2 Å². The van der Waals surface area contributed by atoms with Crippen LogP contribution in [0.4, 0.5) is 5.69 Å². The number of ether oxygens (including phenoxy) is 1. The van der Waals surface area contributed by atoms with Crippen LogP contribution in [-0.4, -0.2) is 26.0 Å². The van der Waals surface area contributed by atoms with Crippen LogP contribution in [0.15, 0.2) is 53.6 Å². The zero-order valence-electron chi connectivity index (χ0n) is 15.3. The van der Waals surface area contributed by atoms with Gasteiger partial charge >= 0.3 is 0 Å². The molecule has 27 heavy (non-hydrogen) atoms. The molecule has 0 spiro atoms. The maximum Gasteiger partial charge on any atom is 0.240 e. The van der Waals surface area contributed by atoms with Crippen LogP contribution in [0.1, 0.15) is 12.5 Å². The molecule has 2 aromatic carbocycles. The molecule has 0 saturated carbocycles. The summed E-state index contributed by atoms with van der Waals surface area (Å²) in [6, 6.07) is 11.7. The number of sulfonamides is 1. The minimum atomic E-state index is -3.68. The first-order chi connectivity index (χ1) is 12.8. The van der Waals surface area contributed by atoms with Crippen molar-refractivity contribution in [1.29, 1.82) is 0 Å². The summed E-state index contributed by atoms with van der Waals surface area (Å²) >= 11 is 0. The third-order valence-electron chi connectivity index (χ3n) is 4.22. The number of amides is 1. The molecule has 0 aliphatic carbocycles. The van der Waals surface area contributed by atoms with Gasteiger partial charge in [0.15, 0.2) is 0 Å². The first-order valence-corrected chi connectivity index (χ1v) is 9.78. The van der Waals surface area contributed by atoms with Crippen molar-refractivity contribution < 1.29 is 17.9 Å².